The number of hydrogen-bond donors (Lipinski definition) is 2. The van der Waals surface area contributed by atoms with Crippen LogP contribution < -0.4 is 0 Å². The van der Waals surface area contributed by atoms with Crippen molar-refractivity contribution in [3.8, 4) is 5.75 Å². The first-order chi connectivity index (χ1) is 7.89. The van der Waals surface area contributed by atoms with Crippen molar-refractivity contribution in [1.29, 1.82) is 0 Å². The van der Waals surface area contributed by atoms with Gasteiger partial charge in [0, 0.05) is 7.05 Å². The van der Waals surface area contributed by atoms with Crippen molar-refractivity contribution in [3.63, 3.8) is 0 Å². The third kappa shape index (κ3) is 1.43. The van der Waals surface area contributed by atoms with Gasteiger partial charge in [-0.05, 0) is 24.6 Å². The molecule has 0 bridgehead atoms. The van der Waals surface area contributed by atoms with Gasteiger partial charge in [-0.1, -0.05) is 12.1 Å². The first kappa shape index (κ1) is 11.6. The Hall–Kier alpha value is -1.88. The SMILES string of the molecule is CN1C(=O)C(O)C(C)(c2ccc(O)cc2)C1=O. The van der Waals surface area contributed by atoms with E-state index >= 15 is 0 Å². The van der Waals surface area contributed by atoms with Gasteiger partial charge in [0.1, 0.15) is 11.2 Å². The van der Waals surface area contributed by atoms with E-state index in [0.717, 1.165) is 4.90 Å². The van der Waals surface area contributed by atoms with E-state index in [9.17, 15) is 19.8 Å². The Morgan fingerprint density at radius 1 is 1.24 bits per heavy atom. The van der Waals surface area contributed by atoms with Gasteiger partial charge in [-0.2, -0.15) is 0 Å². The molecule has 1 saturated heterocycles. The summed E-state index contributed by atoms with van der Waals surface area (Å²) in [5, 5.41) is 19.1. The molecular formula is C12H13NO4. The largest absolute Gasteiger partial charge is 0.508 e. The van der Waals surface area contributed by atoms with Gasteiger partial charge < -0.3 is 10.2 Å². The molecule has 2 rings (SSSR count). The molecule has 2 unspecified atom stereocenters. The minimum Gasteiger partial charge on any atom is -0.508 e. The van der Waals surface area contributed by atoms with E-state index in [-0.39, 0.29) is 5.75 Å². The average molecular weight is 235 g/mol. The number of hydrogen-bond acceptors (Lipinski definition) is 4. The zero-order valence-corrected chi connectivity index (χ0v) is 9.54. The lowest BCUT2D eigenvalue weighted by Crippen LogP contribution is -2.40. The van der Waals surface area contributed by atoms with Crippen LogP contribution in [0.1, 0.15) is 12.5 Å². The molecule has 2 atom stereocenters. The Bertz CT molecular complexity index is 482. The number of phenolic OH excluding ortho intramolecular Hbond substituents is 1. The molecule has 5 nitrogen and oxygen atoms in total. The molecule has 0 spiro atoms. The maximum atomic E-state index is 12.0. The van der Waals surface area contributed by atoms with Crippen molar-refractivity contribution in [2.75, 3.05) is 7.05 Å². The minimum atomic E-state index is -1.38. The molecule has 0 aromatic heterocycles. The quantitative estimate of drug-likeness (QED) is 0.672. The van der Waals surface area contributed by atoms with Crippen molar-refractivity contribution in [1.82, 2.24) is 4.90 Å². The van der Waals surface area contributed by atoms with E-state index in [1.165, 1.54) is 38.2 Å². The molecule has 0 saturated carbocycles. The number of rotatable bonds is 1. The molecule has 2 amide bonds. The zero-order chi connectivity index (χ0) is 12.8. The number of carbonyl (C=O) groups is 2. The van der Waals surface area contributed by atoms with Gasteiger partial charge in [0.05, 0.1) is 0 Å². The highest BCUT2D eigenvalue weighted by atomic mass is 16.3. The van der Waals surface area contributed by atoms with Crippen LogP contribution in [0.4, 0.5) is 0 Å². The second-order valence-corrected chi connectivity index (χ2v) is 4.35. The smallest absolute Gasteiger partial charge is 0.259 e. The van der Waals surface area contributed by atoms with E-state index in [1.807, 2.05) is 0 Å². The number of benzene rings is 1. The number of nitrogens with zero attached hydrogens (tertiary/aromatic N) is 1. The van der Waals surface area contributed by atoms with Gasteiger partial charge in [-0.15, -0.1) is 0 Å². The van der Waals surface area contributed by atoms with Crippen molar-refractivity contribution >= 4 is 11.8 Å². The monoisotopic (exact) mass is 235 g/mol. The third-order valence-corrected chi connectivity index (χ3v) is 3.33. The summed E-state index contributed by atoms with van der Waals surface area (Å²) in [6.45, 7) is 1.52. The van der Waals surface area contributed by atoms with E-state index in [4.69, 9.17) is 0 Å². The highest BCUT2D eigenvalue weighted by Gasteiger charge is 2.55. The molecule has 0 radical (unpaired) electrons. The predicted molar refractivity (Wildman–Crippen MR) is 59.2 cm³/mol. The van der Waals surface area contributed by atoms with Crippen LogP contribution in [0.5, 0.6) is 5.75 Å². The molecule has 0 aliphatic carbocycles. The standard InChI is InChI=1S/C12H13NO4/c1-12(7-3-5-8(14)6-4-7)9(15)10(16)13(2)11(12)17/h3-6,9,14-15H,1-2H3. The van der Waals surface area contributed by atoms with Crippen molar-refractivity contribution in [3.05, 3.63) is 29.8 Å². The summed E-state index contributed by atoms with van der Waals surface area (Å²) < 4.78 is 0. The number of aromatic hydroxyl groups is 1. The summed E-state index contributed by atoms with van der Waals surface area (Å²) in [4.78, 5) is 24.5. The average Bonchev–Trinajstić information content (AvgIpc) is 2.47. The van der Waals surface area contributed by atoms with E-state index in [1.54, 1.807) is 0 Å². The topological polar surface area (TPSA) is 77.8 Å². The lowest BCUT2D eigenvalue weighted by Gasteiger charge is -2.24. The molecule has 1 heterocycles. The fourth-order valence-corrected chi connectivity index (χ4v) is 2.08. The molecule has 1 aromatic rings. The first-order valence-electron chi connectivity index (χ1n) is 5.18. The summed E-state index contributed by atoms with van der Waals surface area (Å²) in [6.07, 6.45) is -1.38. The highest BCUT2D eigenvalue weighted by molar-refractivity contribution is 6.11. The Kier molecular flexibility index (Phi) is 2.43. The fraction of sp³-hybridized carbons (Fsp3) is 0.333. The number of amides is 2. The van der Waals surface area contributed by atoms with Crippen LogP contribution in [-0.4, -0.2) is 40.1 Å². The van der Waals surface area contributed by atoms with Crippen LogP contribution >= 0.6 is 0 Å². The molecule has 1 aliphatic heterocycles. The van der Waals surface area contributed by atoms with Crippen LogP contribution in [0, 0.1) is 0 Å². The van der Waals surface area contributed by atoms with Gasteiger partial charge in [-0.25, -0.2) is 0 Å². The van der Waals surface area contributed by atoms with E-state index in [0.29, 0.717) is 5.56 Å². The number of likely N-dealkylation sites (N-methyl/N-ethyl adjacent to an activating group) is 1. The number of aliphatic hydroxyl groups excluding tert-OH is 1. The second-order valence-electron chi connectivity index (χ2n) is 4.35. The normalized spacial score (nSPS) is 28.9. The van der Waals surface area contributed by atoms with Crippen molar-refractivity contribution in [2.24, 2.45) is 0 Å². The summed E-state index contributed by atoms with van der Waals surface area (Å²) in [5.74, 6) is -0.983. The lowest BCUT2D eigenvalue weighted by atomic mass is 9.79. The number of imide groups is 1. The Balaban J connectivity index is 2.52. The van der Waals surface area contributed by atoms with E-state index < -0.39 is 23.3 Å². The molecule has 17 heavy (non-hydrogen) atoms. The highest BCUT2D eigenvalue weighted by Crippen LogP contribution is 2.36. The van der Waals surface area contributed by atoms with E-state index in [2.05, 4.69) is 0 Å². The van der Waals surface area contributed by atoms with Crippen molar-refractivity contribution < 1.29 is 19.8 Å². The summed E-state index contributed by atoms with van der Waals surface area (Å²) in [5.41, 5.74) is -0.773. The third-order valence-electron chi connectivity index (χ3n) is 3.33. The number of aliphatic hydroxyl groups is 1. The molecule has 1 aromatic carbocycles. The van der Waals surface area contributed by atoms with Crippen LogP contribution in [0.25, 0.3) is 0 Å². The minimum absolute atomic E-state index is 0.0666. The Morgan fingerprint density at radius 2 is 1.76 bits per heavy atom. The molecule has 2 N–H and O–H groups in total. The van der Waals surface area contributed by atoms with Gasteiger partial charge in [0.15, 0.2) is 6.10 Å². The zero-order valence-electron chi connectivity index (χ0n) is 9.54. The second kappa shape index (κ2) is 3.56. The summed E-state index contributed by atoms with van der Waals surface area (Å²) in [6, 6.07) is 5.90. The number of carbonyl (C=O) groups excluding carboxylic acids is 2. The predicted octanol–water partition coefficient (Wildman–Crippen LogP) is 0.00940. The maximum absolute atomic E-state index is 12.0. The Morgan fingerprint density at radius 3 is 2.18 bits per heavy atom. The van der Waals surface area contributed by atoms with Crippen LogP contribution in [0.3, 0.4) is 0 Å². The summed E-state index contributed by atoms with van der Waals surface area (Å²) >= 11 is 0. The van der Waals surface area contributed by atoms with Crippen LogP contribution in [0.2, 0.25) is 0 Å². The molecule has 1 fully saturated rings. The lowest BCUT2D eigenvalue weighted by molar-refractivity contribution is -0.139. The molecule has 5 heteroatoms. The molecule has 90 valence electrons. The number of likely N-dealkylation sites (tertiary alicyclic amines) is 1. The van der Waals surface area contributed by atoms with Gasteiger partial charge in [0.2, 0.25) is 5.91 Å². The van der Waals surface area contributed by atoms with Gasteiger partial charge >= 0.3 is 0 Å². The summed E-state index contributed by atoms with van der Waals surface area (Å²) in [7, 11) is 1.35. The Labute approximate surface area is 98.3 Å². The first-order valence-corrected chi connectivity index (χ1v) is 5.18. The maximum Gasteiger partial charge on any atom is 0.259 e. The fourth-order valence-electron chi connectivity index (χ4n) is 2.08. The van der Waals surface area contributed by atoms with Gasteiger partial charge in [0.25, 0.3) is 5.91 Å². The number of phenols is 1. The van der Waals surface area contributed by atoms with Crippen LogP contribution in [-0.2, 0) is 15.0 Å². The molecule has 1 aliphatic rings. The van der Waals surface area contributed by atoms with Crippen LogP contribution in [0.15, 0.2) is 24.3 Å². The van der Waals surface area contributed by atoms with Crippen molar-refractivity contribution in [2.45, 2.75) is 18.4 Å². The molecular weight excluding hydrogens is 222 g/mol. The van der Waals surface area contributed by atoms with Gasteiger partial charge in [-0.3, -0.25) is 14.5 Å².